The molecule has 1 aliphatic rings. The summed E-state index contributed by atoms with van der Waals surface area (Å²) in [6, 6.07) is 10.4. The van der Waals surface area contributed by atoms with Gasteiger partial charge in [-0.1, -0.05) is 12.1 Å². The molecule has 1 saturated heterocycles. The van der Waals surface area contributed by atoms with Crippen LogP contribution in [-0.4, -0.2) is 37.5 Å². The van der Waals surface area contributed by atoms with Crippen LogP contribution in [0, 0.1) is 6.92 Å². The highest BCUT2D eigenvalue weighted by molar-refractivity contribution is 9.10. The second-order valence-corrected chi connectivity index (χ2v) is 9.55. The highest BCUT2D eigenvalue weighted by Crippen LogP contribution is 2.29. The summed E-state index contributed by atoms with van der Waals surface area (Å²) in [5.41, 5.74) is 2.07. The normalized spacial score (nSPS) is 14.4. The van der Waals surface area contributed by atoms with Gasteiger partial charge in [0.2, 0.25) is 11.8 Å². The molecule has 3 rings (SSSR count). The van der Waals surface area contributed by atoms with E-state index >= 15 is 0 Å². The Hall–Kier alpha value is -2.26. The monoisotopic (exact) mass is 465 g/mol. The molecule has 1 aromatic heterocycles. The van der Waals surface area contributed by atoms with Crippen LogP contribution in [0.1, 0.15) is 24.2 Å². The maximum absolute atomic E-state index is 12.5. The van der Waals surface area contributed by atoms with E-state index in [4.69, 9.17) is 0 Å². The van der Waals surface area contributed by atoms with Gasteiger partial charge in [-0.3, -0.25) is 14.6 Å². The number of hydrogen-bond donors (Lipinski definition) is 1. The predicted octanol–water partition coefficient (Wildman–Crippen LogP) is 2.83. The summed E-state index contributed by atoms with van der Waals surface area (Å²) >= 11 is 3.29. The number of hydrogen-bond acceptors (Lipinski definition) is 5. The number of nitrogens with one attached hydrogen (secondary N) is 1. The molecule has 0 bridgehead atoms. The van der Waals surface area contributed by atoms with Crippen LogP contribution in [-0.2, 0) is 25.2 Å². The maximum atomic E-state index is 12.5. The van der Waals surface area contributed by atoms with E-state index in [9.17, 15) is 18.0 Å². The number of nitrogens with zero attached hydrogens (tertiary/aromatic N) is 2. The summed E-state index contributed by atoms with van der Waals surface area (Å²) < 4.78 is 25.5. The molecule has 2 amide bonds. The number of aromatic nitrogens is 1. The van der Waals surface area contributed by atoms with Crippen LogP contribution in [0.4, 0.5) is 11.4 Å². The van der Waals surface area contributed by atoms with E-state index in [2.05, 4.69) is 26.2 Å². The Labute approximate surface area is 172 Å². The molecule has 0 spiro atoms. The molecule has 0 atom stereocenters. The van der Waals surface area contributed by atoms with Gasteiger partial charge in [0.25, 0.3) is 0 Å². The smallest absolute Gasteiger partial charge is 0.239 e. The van der Waals surface area contributed by atoms with Crippen LogP contribution in [0.25, 0.3) is 0 Å². The zero-order valence-electron chi connectivity index (χ0n) is 15.3. The summed E-state index contributed by atoms with van der Waals surface area (Å²) in [4.78, 5) is 30.2. The molecule has 148 valence electrons. The summed E-state index contributed by atoms with van der Waals surface area (Å²) in [6.07, 6.45) is 1.23. The van der Waals surface area contributed by atoms with Crippen molar-refractivity contribution in [2.45, 2.75) is 25.5 Å². The number of sulfone groups is 1. The number of para-hydroxylation sites is 2. The Balaban J connectivity index is 1.72. The molecule has 0 saturated carbocycles. The average Bonchev–Trinajstić information content (AvgIpc) is 3.03. The molecule has 28 heavy (non-hydrogen) atoms. The van der Waals surface area contributed by atoms with E-state index in [1.807, 2.05) is 0 Å². The number of halogens is 1. The fraction of sp³-hybridized carbons (Fsp3) is 0.316. The van der Waals surface area contributed by atoms with E-state index < -0.39 is 21.5 Å². The number of carbonyl (C=O) groups excluding carboxylic acids is 2. The van der Waals surface area contributed by atoms with E-state index in [1.165, 1.54) is 0 Å². The molecule has 1 aromatic carbocycles. The molecule has 1 fully saturated rings. The Morgan fingerprint density at radius 3 is 2.71 bits per heavy atom. The fourth-order valence-corrected chi connectivity index (χ4v) is 4.81. The standard InChI is InChI=1S/C19H20BrN3O4S/c1-13-8-9-14(20)16(21-13)11-28(26,27)12-18(24)22-15-5-2-3-6-17(15)23-10-4-7-19(23)25/h2-3,5-6,8-9H,4,7,10-12H2,1H3,(H,22,24). The number of anilines is 2. The van der Waals surface area contributed by atoms with Crippen LogP contribution in [0.15, 0.2) is 40.9 Å². The molecule has 0 radical (unpaired) electrons. The Morgan fingerprint density at radius 2 is 2.00 bits per heavy atom. The first-order valence-corrected chi connectivity index (χ1v) is 11.4. The Morgan fingerprint density at radius 1 is 1.25 bits per heavy atom. The second-order valence-electron chi connectivity index (χ2n) is 6.63. The molecule has 2 aromatic rings. The molecular weight excluding hydrogens is 446 g/mol. The van der Waals surface area contributed by atoms with Crippen LogP contribution in [0.3, 0.4) is 0 Å². The van der Waals surface area contributed by atoms with Gasteiger partial charge in [-0.2, -0.15) is 0 Å². The lowest BCUT2D eigenvalue weighted by atomic mass is 10.2. The highest BCUT2D eigenvalue weighted by atomic mass is 79.9. The minimum atomic E-state index is -3.72. The van der Waals surface area contributed by atoms with E-state index in [0.717, 1.165) is 6.42 Å². The van der Waals surface area contributed by atoms with Crippen molar-refractivity contribution in [3.8, 4) is 0 Å². The van der Waals surface area contributed by atoms with Gasteiger partial charge in [0.05, 0.1) is 22.8 Å². The molecule has 7 nitrogen and oxygen atoms in total. The van der Waals surface area contributed by atoms with Crippen molar-refractivity contribution in [2.24, 2.45) is 0 Å². The van der Waals surface area contributed by atoms with Gasteiger partial charge < -0.3 is 10.2 Å². The minimum Gasteiger partial charge on any atom is -0.323 e. The van der Waals surface area contributed by atoms with Crippen molar-refractivity contribution >= 4 is 49.0 Å². The quantitative estimate of drug-likeness (QED) is 0.707. The summed E-state index contributed by atoms with van der Waals surface area (Å²) in [5.74, 6) is -1.67. The third-order valence-corrected chi connectivity index (χ3v) is 6.45. The second kappa shape index (κ2) is 8.40. The lowest BCUT2D eigenvalue weighted by molar-refractivity contribution is -0.117. The fourth-order valence-electron chi connectivity index (χ4n) is 3.06. The number of pyridine rings is 1. The van der Waals surface area contributed by atoms with Crippen LogP contribution >= 0.6 is 15.9 Å². The number of amides is 2. The van der Waals surface area contributed by atoms with Crippen LogP contribution < -0.4 is 10.2 Å². The topological polar surface area (TPSA) is 96.4 Å². The van der Waals surface area contributed by atoms with Crippen molar-refractivity contribution in [1.82, 2.24) is 4.98 Å². The zero-order chi connectivity index (χ0) is 20.3. The van der Waals surface area contributed by atoms with E-state index in [-0.39, 0.29) is 11.7 Å². The SMILES string of the molecule is Cc1ccc(Br)c(CS(=O)(=O)CC(=O)Nc2ccccc2N2CCCC2=O)n1. The third kappa shape index (κ3) is 4.96. The van der Waals surface area contributed by atoms with Crippen molar-refractivity contribution in [3.63, 3.8) is 0 Å². The van der Waals surface area contributed by atoms with Gasteiger partial charge in [-0.15, -0.1) is 0 Å². The molecule has 9 heteroatoms. The first-order valence-electron chi connectivity index (χ1n) is 8.77. The number of aryl methyl sites for hydroxylation is 1. The minimum absolute atomic E-state index is 0.00954. The lowest BCUT2D eigenvalue weighted by Crippen LogP contribution is -2.28. The number of carbonyl (C=O) groups is 2. The van der Waals surface area contributed by atoms with Crippen molar-refractivity contribution in [2.75, 3.05) is 22.5 Å². The highest BCUT2D eigenvalue weighted by Gasteiger charge is 2.25. The van der Waals surface area contributed by atoms with Gasteiger partial charge in [0, 0.05) is 23.1 Å². The van der Waals surface area contributed by atoms with Gasteiger partial charge in [0.1, 0.15) is 5.75 Å². The maximum Gasteiger partial charge on any atom is 0.239 e. The summed E-state index contributed by atoms with van der Waals surface area (Å²) in [7, 11) is -3.72. The Bertz CT molecular complexity index is 1020. The molecule has 0 unspecified atom stereocenters. The third-order valence-electron chi connectivity index (χ3n) is 4.31. The van der Waals surface area contributed by atoms with Gasteiger partial charge >= 0.3 is 0 Å². The van der Waals surface area contributed by atoms with Crippen molar-refractivity contribution in [1.29, 1.82) is 0 Å². The van der Waals surface area contributed by atoms with E-state index in [0.29, 0.717) is 40.2 Å². The molecule has 0 aliphatic carbocycles. The predicted molar refractivity (Wildman–Crippen MR) is 111 cm³/mol. The van der Waals surface area contributed by atoms with Gasteiger partial charge in [-0.05, 0) is 53.5 Å². The largest absolute Gasteiger partial charge is 0.323 e. The first-order chi connectivity index (χ1) is 13.2. The number of rotatable bonds is 6. The lowest BCUT2D eigenvalue weighted by Gasteiger charge is -2.20. The molecule has 1 N–H and O–H groups in total. The van der Waals surface area contributed by atoms with Crippen molar-refractivity contribution < 1.29 is 18.0 Å². The Kier molecular flexibility index (Phi) is 6.14. The van der Waals surface area contributed by atoms with E-state index in [1.54, 1.807) is 48.2 Å². The summed E-state index contributed by atoms with van der Waals surface area (Å²) in [5, 5.41) is 2.63. The first kappa shape index (κ1) is 20.5. The zero-order valence-corrected chi connectivity index (χ0v) is 17.7. The van der Waals surface area contributed by atoms with Gasteiger partial charge in [-0.25, -0.2) is 8.42 Å². The number of benzene rings is 1. The van der Waals surface area contributed by atoms with Gasteiger partial charge in [0.15, 0.2) is 9.84 Å². The molecule has 2 heterocycles. The molecular formula is C19H20BrN3O4S. The summed E-state index contributed by atoms with van der Waals surface area (Å²) in [6.45, 7) is 2.35. The van der Waals surface area contributed by atoms with Crippen molar-refractivity contribution in [3.05, 3.63) is 52.3 Å². The average molecular weight is 466 g/mol. The van der Waals surface area contributed by atoms with Crippen LogP contribution in [0.2, 0.25) is 0 Å². The molecule has 1 aliphatic heterocycles. The van der Waals surface area contributed by atoms with Crippen LogP contribution in [0.5, 0.6) is 0 Å².